The van der Waals surface area contributed by atoms with E-state index in [1.807, 2.05) is 22.4 Å². The van der Waals surface area contributed by atoms with E-state index >= 15 is 0 Å². The van der Waals surface area contributed by atoms with Crippen molar-refractivity contribution in [2.45, 2.75) is 33.7 Å². The molecule has 3 rings (SSSR count). The summed E-state index contributed by atoms with van der Waals surface area (Å²) < 4.78 is 9.08. The van der Waals surface area contributed by atoms with E-state index in [1.54, 1.807) is 25.7 Å². The lowest BCUT2D eigenvalue weighted by Crippen LogP contribution is -2.03. The molecule has 0 amide bonds. The first-order valence-electron chi connectivity index (χ1n) is 7.59. The normalized spacial score (nSPS) is 11.0. The van der Waals surface area contributed by atoms with Crippen LogP contribution in [-0.2, 0) is 6.54 Å². The number of aromatic nitrogens is 6. The molecule has 0 aliphatic heterocycles. The quantitative estimate of drug-likeness (QED) is 0.724. The minimum atomic E-state index is 0.343. The monoisotopic (exact) mass is 312 g/mol. The number of hydrogen-bond donors (Lipinski definition) is 0. The van der Waals surface area contributed by atoms with Crippen molar-refractivity contribution in [2.24, 2.45) is 0 Å². The van der Waals surface area contributed by atoms with Gasteiger partial charge in [-0.25, -0.2) is 15.0 Å². The molecule has 3 aromatic heterocycles. The van der Waals surface area contributed by atoms with E-state index in [2.05, 4.69) is 33.9 Å². The molecule has 120 valence electrons. The second-order valence-corrected chi connectivity index (χ2v) is 5.32. The Morgan fingerprint density at radius 1 is 1.13 bits per heavy atom. The molecule has 0 unspecified atom stereocenters. The smallest absolute Gasteiger partial charge is 0.316 e. The number of methoxy groups -OCH3 is 1. The van der Waals surface area contributed by atoms with Crippen LogP contribution in [0.1, 0.15) is 24.7 Å². The summed E-state index contributed by atoms with van der Waals surface area (Å²) in [7, 11) is 1.55. The minimum absolute atomic E-state index is 0.343. The molecule has 0 radical (unpaired) electrons. The fourth-order valence-electron chi connectivity index (χ4n) is 2.70. The van der Waals surface area contributed by atoms with Crippen LogP contribution in [0.4, 0.5) is 0 Å². The van der Waals surface area contributed by atoms with Gasteiger partial charge < -0.3 is 4.74 Å². The Labute approximate surface area is 135 Å². The van der Waals surface area contributed by atoms with Crippen molar-refractivity contribution in [1.82, 2.24) is 29.3 Å². The fraction of sp³-hybridized carbons (Fsp3) is 0.375. The highest BCUT2D eigenvalue weighted by molar-refractivity contribution is 5.58. The molecule has 3 aromatic rings. The van der Waals surface area contributed by atoms with E-state index in [4.69, 9.17) is 4.74 Å². The number of hydrogen-bond acceptors (Lipinski definition) is 5. The lowest BCUT2D eigenvalue weighted by Gasteiger charge is -2.09. The molecule has 0 saturated carbocycles. The van der Waals surface area contributed by atoms with Gasteiger partial charge >= 0.3 is 6.01 Å². The highest BCUT2D eigenvalue weighted by atomic mass is 16.5. The average Bonchev–Trinajstić information content (AvgIpc) is 3.13. The maximum absolute atomic E-state index is 5.01. The average molecular weight is 312 g/mol. The summed E-state index contributed by atoms with van der Waals surface area (Å²) in [5.41, 5.74) is 3.99. The zero-order chi connectivity index (χ0) is 16.4. The lowest BCUT2D eigenvalue weighted by molar-refractivity contribution is 0.380. The molecular weight excluding hydrogens is 292 g/mol. The molecular formula is C16H20N6O. The summed E-state index contributed by atoms with van der Waals surface area (Å²) in [6.45, 7) is 7.15. The highest BCUT2D eigenvalue weighted by Gasteiger charge is 2.17. The Bertz CT molecular complexity index is 803. The van der Waals surface area contributed by atoms with Crippen molar-refractivity contribution in [3.05, 3.63) is 36.2 Å². The number of nitrogens with zero attached hydrogens (tertiary/aromatic N) is 6. The second-order valence-electron chi connectivity index (χ2n) is 5.32. The number of aryl methyl sites for hydroxylation is 2. The Hall–Kier alpha value is -2.70. The Kier molecular flexibility index (Phi) is 4.10. The standard InChI is InChI=1S/C16H20N6O/c1-5-7-22-12(3)14(11(2)20-22)21-8-6-17-15(21)13-9-18-16(23-4)19-10-13/h6,8-10H,5,7H2,1-4H3. The summed E-state index contributed by atoms with van der Waals surface area (Å²) in [5, 5.41) is 4.63. The molecule has 0 fully saturated rings. The molecule has 7 nitrogen and oxygen atoms in total. The van der Waals surface area contributed by atoms with Crippen LogP contribution in [0.3, 0.4) is 0 Å². The van der Waals surface area contributed by atoms with Gasteiger partial charge in [-0.15, -0.1) is 0 Å². The highest BCUT2D eigenvalue weighted by Crippen LogP contribution is 2.25. The largest absolute Gasteiger partial charge is 0.467 e. The molecule has 0 saturated heterocycles. The molecule has 7 heteroatoms. The van der Waals surface area contributed by atoms with Gasteiger partial charge in [-0.2, -0.15) is 5.10 Å². The molecule has 0 spiro atoms. The van der Waals surface area contributed by atoms with Crippen LogP contribution < -0.4 is 4.74 Å². The van der Waals surface area contributed by atoms with E-state index in [1.165, 1.54) is 0 Å². The van der Waals surface area contributed by atoms with Crippen molar-refractivity contribution in [3.8, 4) is 23.1 Å². The van der Waals surface area contributed by atoms with Crippen LogP contribution in [0.25, 0.3) is 17.1 Å². The van der Waals surface area contributed by atoms with Gasteiger partial charge in [0, 0.05) is 31.3 Å². The van der Waals surface area contributed by atoms with Crippen LogP contribution in [0.5, 0.6) is 6.01 Å². The molecule has 0 bridgehead atoms. The maximum atomic E-state index is 5.01. The SMILES string of the molecule is CCCn1nc(C)c(-n2ccnc2-c2cnc(OC)nc2)c1C. The molecule has 3 heterocycles. The van der Waals surface area contributed by atoms with Crippen LogP contribution in [0.15, 0.2) is 24.8 Å². The van der Waals surface area contributed by atoms with Gasteiger partial charge in [-0.05, 0) is 20.3 Å². The van der Waals surface area contributed by atoms with Crippen molar-refractivity contribution in [2.75, 3.05) is 7.11 Å². The topological polar surface area (TPSA) is 70.7 Å². The Morgan fingerprint density at radius 3 is 2.52 bits per heavy atom. The van der Waals surface area contributed by atoms with E-state index in [0.29, 0.717) is 6.01 Å². The van der Waals surface area contributed by atoms with Crippen molar-refractivity contribution in [3.63, 3.8) is 0 Å². The first kappa shape index (κ1) is 15.2. The number of imidazole rings is 1. The van der Waals surface area contributed by atoms with Crippen LogP contribution in [0, 0.1) is 13.8 Å². The fourth-order valence-corrected chi connectivity index (χ4v) is 2.70. The zero-order valence-electron chi connectivity index (χ0n) is 13.8. The molecule has 0 atom stereocenters. The van der Waals surface area contributed by atoms with Crippen molar-refractivity contribution >= 4 is 0 Å². The third kappa shape index (κ3) is 2.69. The van der Waals surface area contributed by atoms with Crippen LogP contribution >= 0.6 is 0 Å². The van der Waals surface area contributed by atoms with E-state index in [-0.39, 0.29) is 0 Å². The molecule has 0 aliphatic rings. The van der Waals surface area contributed by atoms with Gasteiger partial charge in [-0.3, -0.25) is 9.25 Å². The number of rotatable bonds is 5. The molecule has 0 aromatic carbocycles. The summed E-state index contributed by atoms with van der Waals surface area (Å²) in [6.07, 6.45) is 8.19. The van der Waals surface area contributed by atoms with Gasteiger partial charge in [0.25, 0.3) is 0 Å². The van der Waals surface area contributed by atoms with Gasteiger partial charge in [-0.1, -0.05) is 6.92 Å². The summed E-state index contributed by atoms with van der Waals surface area (Å²) in [6, 6.07) is 0.343. The summed E-state index contributed by atoms with van der Waals surface area (Å²) in [4.78, 5) is 12.8. The molecule has 23 heavy (non-hydrogen) atoms. The van der Waals surface area contributed by atoms with Gasteiger partial charge in [0.05, 0.1) is 29.7 Å². The van der Waals surface area contributed by atoms with E-state index in [9.17, 15) is 0 Å². The third-order valence-corrected chi connectivity index (χ3v) is 3.73. The lowest BCUT2D eigenvalue weighted by atomic mass is 10.2. The van der Waals surface area contributed by atoms with E-state index in [0.717, 1.165) is 41.4 Å². The van der Waals surface area contributed by atoms with Gasteiger partial charge in [0.1, 0.15) is 5.82 Å². The van der Waals surface area contributed by atoms with E-state index < -0.39 is 0 Å². The Morgan fingerprint density at radius 2 is 1.87 bits per heavy atom. The summed E-state index contributed by atoms with van der Waals surface area (Å²) in [5.74, 6) is 0.787. The summed E-state index contributed by atoms with van der Waals surface area (Å²) >= 11 is 0. The predicted molar refractivity (Wildman–Crippen MR) is 86.7 cm³/mol. The van der Waals surface area contributed by atoms with Crippen LogP contribution in [-0.4, -0.2) is 36.4 Å². The first-order valence-corrected chi connectivity index (χ1v) is 7.59. The van der Waals surface area contributed by atoms with Gasteiger partial charge in [0.15, 0.2) is 0 Å². The molecule has 0 N–H and O–H groups in total. The van der Waals surface area contributed by atoms with Gasteiger partial charge in [0.2, 0.25) is 0 Å². The van der Waals surface area contributed by atoms with Crippen molar-refractivity contribution in [1.29, 1.82) is 0 Å². The zero-order valence-corrected chi connectivity index (χ0v) is 13.8. The van der Waals surface area contributed by atoms with Crippen LogP contribution in [0.2, 0.25) is 0 Å². The molecule has 0 aliphatic carbocycles. The van der Waals surface area contributed by atoms with Crippen molar-refractivity contribution < 1.29 is 4.74 Å². The first-order chi connectivity index (χ1) is 11.2. The second kappa shape index (κ2) is 6.20. The minimum Gasteiger partial charge on any atom is -0.467 e. The maximum Gasteiger partial charge on any atom is 0.316 e. The predicted octanol–water partition coefficient (Wildman–Crippen LogP) is 2.56. The third-order valence-electron chi connectivity index (χ3n) is 3.73. The Balaban J connectivity index is 2.07. The number of ether oxygens (including phenoxy) is 1.